The summed E-state index contributed by atoms with van der Waals surface area (Å²) in [4.78, 5) is 13.3. The fourth-order valence-electron chi connectivity index (χ4n) is 2.72. The van der Waals surface area contributed by atoms with Gasteiger partial charge in [-0.2, -0.15) is 0 Å². The number of nitrogens with one attached hydrogen (secondary N) is 1. The fraction of sp³-hybridized carbons (Fsp3) is 0.917. The summed E-state index contributed by atoms with van der Waals surface area (Å²) in [6.07, 6.45) is 3.13. The Kier molecular flexibility index (Phi) is 3.82. The lowest BCUT2D eigenvalue weighted by molar-refractivity contribution is -0.146. The molecule has 0 spiro atoms. The summed E-state index contributed by atoms with van der Waals surface area (Å²) in [6.45, 7) is 6.70. The number of carboxylic acids is 1. The lowest BCUT2D eigenvalue weighted by atomic mass is 9.79. The minimum atomic E-state index is -0.634. The van der Waals surface area contributed by atoms with Crippen LogP contribution in [-0.4, -0.2) is 48.2 Å². The Morgan fingerprint density at radius 1 is 1.44 bits per heavy atom. The maximum absolute atomic E-state index is 10.8. The van der Waals surface area contributed by atoms with Crippen molar-refractivity contribution in [1.82, 2.24) is 10.2 Å². The second-order valence-electron chi connectivity index (χ2n) is 5.08. The lowest BCUT2D eigenvalue weighted by Gasteiger charge is -2.34. The molecule has 2 rings (SSSR count). The van der Waals surface area contributed by atoms with Crippen molar-refractivity contribution < 1.29 is 9.90 Å². The van der Waals surface area contributed by atoms with Crippen molar-refractivity contribution in [2.24, 2.45) is 11.8 Å². The van der Waals surface area contributed by atoms with Gasteiger partial charge >= 0.3 is 5.97 Å². The van der Waals surface area contributed by atoms with Crippen LogP contribution in [0.5, 0.6) is 0 Å². The maximum Gasteiger partial charge on any atom is 0.308 e. The van der Waals surface area contributed by atoms with Crippen LogP contribution in [-0.2, 0) is 4.79 Å². The minimum Gasteiger partial charge on any atom is -0.481 e. The number of hydrogen-bond acceptors (Lipinski definition) is 3. The third-order valence-corrected chi connectivity index (χ3v) is 4.08. The molecule has 16 heavy (non-hydrogen) atoms. The Balaban J connectivity index is 1.67. The third-order valence-electron chi connectivity index (χ3n) is 4.08. The molecule has 1 aliphatic heterocycles. The van der Waals surface area contributed by atoms with Gasteiger partial charge < -0.3 is 15.3 Å². The van der Waals surface area contributed by atoms with E-state index in [0.717, 1.165) is 31.8 Å². The van der Waals surface area contributed by atoms with Crippen LogP contribution in [0.25, 0.3) is 0 Å². The molecule has 0 radical (unpaired) electrons. The average molecular weight is 226 g/mol. The van der Waals surface area contributed by atoms with Crippen molar-refractivity contribution in [3.8, 4) is 0 Å². The zero-order chi connectivity index (χ0) is 11.5. The van der Waals surface area contributed by atoms with E-state index in [1.807, 2.05) is 0 Å². The molecule has 0 aromatic carbocycles. The van der Waals surface area contributed by atoms with Gasteiger partial charge in [-0.05, 0) is 44.8 Å². The Labute approximate surface area is 97.0 Å². The minimum absolute atomic E-state index is 0.135. The first-order valence-corrected chi connectivity index (χ1v) is 6.39. The van der Waals surface area contributed by atoms with Gasteiger partial charge in [0.25, 0.3) is 0 Å². The molecule has 3 unspecified atom stereocenters. The van der Waals surface area contributed by atoms with Gasteiger partial charge in [0, 0.05) is 12.6 Å². The van der Waals surface area contributed by atoms with Gasteiger partial charge in [0.15, 0.2) is 0 Å². The van der Waals surface area contributed by atoms with Crippen molar-refractivity contribution in [1.29, 1.82) is 0 Å². The number of carboxylic acid groups (broad SMARTS) is 1. The Morgan fingerprint density at radius 3 is 2.75 bits per heavy atom. The first-order chi connectivity index (χ1) is 7.70. The molecule has 3 atom stereocenters. The highest BCUT2D eigenvalue weighted by atomic mass is 16.4. The third kappa shape index (κ3) is 2.55. The van der Waals surface area contributed by atoms with E-state index in [1.165, 1.54) is 19.5 Å². The van der Waals surface area contributed by atoms with Crippen LogP contribution in [0.2, 0.25) is 0 Å². The van der Waals surface area contributed by atoms with Crippen molar-refractivity contribution in [3.63, 3.8) is 0 Å². The molecular formula is C12H22N2O2. The first kappa shape index (κ1) is 11.9. The summed E-state index contributed by atoms with van der Waals surface area (Å²) in [7, 11) is 0. The number of rotatable bonds is 5. The van der Waals surface area contributed by atoms with E-state index in [9.17, 15) is 4.79 Å². The predicted octanol–water partition coefficient (Wildman–Crippen LogP) is 0.781. The smallest absolute Gasteiger partial charge is 0.308 e. The Morgan fingerprint density at radius 2 is 2.25 bits per heavy atom. The second-order valence-corrected chi connectivity index (χ2v) is 5.08. The van der Waals surface area contributed by atoms with Gasteiger partial charge in [0.1, 0.15) is 0 Å². The number of aliphatic carboxylic acids is 1. The van der Waals surface area contributed by atoms with E-state index < -0.39 is 5.97 Å². The molecule has 1 saturated heterocycles. The van der Waals surface area contributed by atoms with Gasteiger partial charge in [0.2, 0.25) is 0 Å². The molecule has 1 saturated carbocycles. The van der Waals surface area contributed by atoms with E-state index >= 15 is 0 Å². The standard InChI is InChI=1S/C12H22N2O2/c1-2-14-6-5-9(8-14)7-13-11-4-3-10(11)12(15)16/h9-11,13H,2-8H2,1H3,(H,15,16). The lowest BCUT2D eigenvalue weighted by Crippen LogP contribution is -2.49. The summed E-state index contributed by atoms with van der Waals surface area (Å²) in [6, 6.07) is 0.230. The van der Waals surface area contributed by atoms with Gasteiger partial charge in [-0.1, -0.05) is 6.92 Å². The molecule has 4 nitrogen and oxygen atoms in total. The van der Waals surface area contributed by atoms with Crippen LogP contribution in [0.4, 0.5) is 0 Å². The van der Waals surface area contributed by atoms with Crippen LogP contribution < -0.4 is 5.32 Å². The van der Waals surface area contributed by atoms with Crippen LogP contribution in [0.1, 0.15) is 26.2 Å². The zero-order valence-corrected chi connectivity index (χ0v) is 9.98. The predicted molar refractivity (Wildman–Crippen MR) is 62.4 cm³/mol. The van der Waals surface area contributed by atoms with Crippen molar-refractivity contribution in [2.45, 2.75) is 32.2 Å². The Hall–Kier alpha value is -0.610. The summed E-state index contributed by atoms with van der Waals surface area (Å²) >= 11 is 0. The molecule has 0 amide bonds. The second kappa shape index (κ2) is 5.15. The number of carbonyl (C=O) groups is 1. The highest BCUT2D eigenvalue weighted by Crippen LogP contribution is 2.28. The molecule has 0 aromatic heterocycles. The SMILES string of the molecule is CCN1CCC(CNC2CCC2C(=O)O)C1. The number of hydrogen-bond donors (Lipinski definition) is 2. The molecule has 0 bridgehead atoms. The number of nitrogens with zero attached hydrogens (tertiary/aromatic N) is 1. The van der Waals surface area contributed by atoms with Crippen molar-refractivity contribution >= 4 is 5.97 Å². The van der Waals surface area contributed by atoms with Crippen LogP contribution >= 0.6 is 0 Å². The molecule has 2 N–H and O–H groups in total. The molecule has 0 aromatic rings. The van der Waals surface area contributed by atoms with Gasteiger partial charge in [-0.25, -0.2) is 0 Å². The largest absolute Gasteiger partial charge is 0.481 e. The summed E-state index contributed by atoms with van der Waals surface area (Å²) in [5.74, 6) is -0.0518. The van der Waals surface area contributed by atoms with Gasteiger partial charge in [-0.15, -0.1) is 0 Å². The molecule has 92 valence electrons. The van der Waals surface area contributed by atoms with E-state index in [-0.39, 0.29) is 12.0 Å². The van der Waals surface area contributed by atoms with Crippen molar-refractivity contribution in [2.75, 3.05) is 26.2 Å². The quantitative estimate of drug-likeness (QED) is 0.727. The van der Waals surface area contributed by atoms with Gasteiger partial charge in [0.05, 0.1) is 5.92 Å². The molecule has 2 fully saturated rings. The summed E-state index contributed by atoms with van der Waals surface area (Å²) in [5, 5.41) is 12.4. The average Bonchev–Trinajstić information content (AvgIpc) is 2.63. The first-order valence-electron chi connectivity index (χ1n) is 6.39. The summed E-state index contributed by atoms with van der Waals surface area (Å²) < 4.78 is 0. The van der Waals surface area contributed by atoms with Crippen LogP contribution in [0, 0.1) is 11.8 Å². The molecule has 1 aliphatic carbocycles. The molecule has 2 aliphatic rings. The maximum atomic E-state index is 10.8. The fourth-order valence-corrected chi connectivity index (χ4v) is 2.72. The van der Waals surface area contributed by atoms with E-state index in [4.69, 9.17) is 5.11 Å². The Bertz CT molecular complexity index is 257. The van der Waals surface area contributed by atoms with Crippen LogP contribution in [0.3, 0.4) is 0 Å². The molecular weight excluding hydrogens is 204 g/mol. The highest BCUT2D eigenvalue weighted by molar-refractivity contribution is 5.72. The topological polar surface area (TPSA) is 52.6 Å². The number of likely N-dealkylation sites (tertiary alicyclic amines) is 1. The van der Waals surface area contributed by atoms with Gasteiger partial charge in [-0.3, -0.25) is 4.79 Å². The summed E-state index contributed by atoms with van der Waals surface area (Å²) in [5.41, 5.74) is 0. The van der Waals surface area contributed by atoms with E-state index in [0.29, 0.717) is 0 Å². The monoisotopic (exact) mass is 226 g/mol. The van der Waals surface area contributed by atoms with E-state index in [1.54, 1.807) is 0 Å². The normalized spacial score (nSPS) is 34.9. The molecule has 4 heteroatoms. The van der Waals surface area contributed by atoms with E-state index in [2.05, 4.69) is 17.1 Å². The highest BCUT2D eigenvalue weighted by Gasteiger charge is 2.36. The van der Waals surface area contributed by atoms with Crippen molar-refractivity contribution in [3.05, 3.63) is 0 Å². The molecule has 1 heterocycles. The van der Waals surface area contributed by atoms with Crippen LogP contribution in [0.15, 0.2) is 0 Å². The zero-order valence-electron chi connectivity index (χ0n) is 9.98.